The predicted molar refractivity (Wildman–Crippen MR) is 75.5 cm³/mol. The van der Waals surface area contributed by atoms with Crippen LogP contribution in [0.4, 0.5) is 5.69 Å². The molecule has 1 aromatic carbocycles. The van der Waals surface area contributed by atoms with Gasteiger partial charge in [-0.1, -0.05) is 12.8 Å². The molecule has 20 heavy (non-hydrogen) atoms. The monoisotopic (exact) mass is 275 g/mol. The summed E-state index contributed by atoms with van der Waals surface area (Å²) in [5.41, 5.74) is 7.48. The van der Waals surface area contributed by atoms with Crippen molar-refractivity contribution >= 4 is 22.7 Å². The normalized spacial score (nSPS) is 17.4. The summed E-state index contributed by atoms with van der Waals surface area (Å²) < 4.78 is 4.91. The van der Waals surface area contributed by atoms with Gasteiger partial charge < -0.3 is 15.5 Å². The van der Waals surface area contributed by atoms with Crippen LogP contribution in [0.2, 0.25) is 0 Å². The van der Waals surface area contributed by atoms with Gasteiger partial charge in [0.2, 0.25) is 5.91 Å². The number of hydrogen-bond acceptors (Lipinski definition) is 4. The Kier molecular flexibility index (Phi) is 3.10. The molecule has 0 aliphatic heterocycles. The zero-order chi connectivity index (χ0) is 14.2. The fourth-order valence-electron chi connectivity index (χ4n) is 2.81. The molecule has 1 aromatic heterocycles. The fourth-order valence-corrected chi connectivity index (χ4v) is 2.81. The molecular weight excluding hydrogens is 258 g/mol. The lowest BCUT2D eigenvalue weighted by atomic mass is 9.94. The number of nitrogens with one attached hydrogen (secondary N) is 2. The van der Waals surface area contributed by atoms with Gasteiger partial charge in [0, 0.05) is 17.6 Å². The van der Waals surface area contributed by atoms with Crippen molar-refractivity contribution in [3.8, 4) is 0 Å². The van der Waals surface area contributed by atoms with Gasteiger partial charge in [0.15, 0.2) is 5.58 Å². The van der Waals surface area contributed by atoms with Gasteiger partial charge in [-0.2, -0.15) is 0 Å². The Balaban J connectivity index is 1.72. The molecular formula is C14H17N3O3. The van der Waals surface area contributed by atoms with Crippen LogP contribution in [0.3, 0.4) is 0 Å². The predicted octanol–water partition coefficient (Wildman–Crippen LogP) is 1.72. The van der Waals surface area contributed by atoms with Gasteiger partial charge in [-0.15, -0.1) is 0 Å². The van der Waals surface area contributed by atoms with Crippen molar-refractivity contribution in [2.45, 2.75) is 37.6 Å². The van der Waals surface area contributed by atoms with Crippen LogP contribution in [0.25, 0.3) is 11.1 Å². The molecule has 0 bridgehead atoms. The third-order valence-corrected chi connectivity index (χ3v) is 3.81. The highest BCUT2D eigenvalue weighted by atomic mass is 16.4. The first-order chi connectivity index (χ1) is 9.54. The molecule has 6 heteroatoms. The van der Waals surface area contributed by atoms with Crippen LogP contribution in [0.15, 0.2) is 27.4 Å². The highest BCUT2D eigenvalue weighted by molar-refractivity contribution is 5.93. The zero-order valence-corrected chi connectivity index (χ0v) is 11.1. The molecule has 106 valence electrons. The van der Waals surface area contributed by atoms with Crippen molar-refractivity contribution in [3.63, 3.8) is 0 Å². The Bertz CT molecular complexity index is 695. The lowest BCUT2D eigenvalue weighted by Crippen LogP contribution is -2.40. The molecule has 0 spiro atoms. The number of carbonyl (C=O) groups excluding carboxylic acids is 1. The standard InChI is InChI=1S/C14H17N3O3/c15-14(5-1-2-6-14)8-12(18)16-9-3-4-11-10(7-9)17-13(19)20-11/h3-4,7H,1-2,5-6,8,15H2,(H,16,18)(H,17,19). The minimum absolute atomic E-state index is 0.0976. The topological polar surface area (TPSA) is 101 Å². The van der Waals surface area contributed by atoms with Crippen LogP contribution in [0.5, 0.6) is 0 Å². The van der Waals surface area contributed by atoms with E-state index in [1.165, 1.54) is 0 Å². The highest BCUT2D eigenvalue weighted by Gasteiger charge is 2.31. The second-order valence-corrected chi connectivity index (χ2v) is 5.52. The number of carbonyl (C=O) groups is 1. The SMILES string of the molecule is NC1(CC(=O)Nc2ccc3oc(=O)[nH]c3c2)CCCC1. The summed E-state index contributed by atoms with van der Waals surface area (Å²) in [7, 11) is 0. The average molecular weight is 275 g/mol. The minimum Gasteiger partial charge on any atom is -0.408 e. The van der Waals surface area contributed by atoms with E-state index < -0.39 is 5.76 Å². The zero-order valence-electron chi connectivity index (χ0n) is 11.1. The molecule has 1 amide bonds. The van der Waals surface area contributed by atoms with Crippen LogP contribution >= 0.6 is 0 Å². The first-order valence-electron chi connectivity index (χ1n) is 6.76. The molecule has 0 saturated heterocycles. The smallest absolute Gasteiger partial charge is 0.408 e. The van der Waals surface area contributed by atoms with E-state index in [0.29, 0.717) is 23.2 Å². The number of H-pyrrole nitrogens is 1. The fraction of sp³-hybridized carbons (Fsp3) is 0.429. The molecule has 2 aromatic rings. The first-order valence-corrected chi connectivity index (χ1v) is 6.76. The Labute approximate surface area is 115 Å². The van der Waals surface area contributed by atoms with E-state index in [4.69, 9.17) is 10.2 Å². The Morgan fingerprint density at radius 1 is 1.40 bits per heavy atom. The molecule has 1 heterocycles. The summed E-state index contributed by atoms with van der Waals surface area (Å²) in [6.45, 7) is 0. The number of aromatic amines is 1. The van der Waals surface area contributed by atoms with Crippen molar-refractivity contribution in [2.75, 3.05) is 5.32 Å². The summed E-state index contributed by atoms with van der Waals surface area (Å²) in [6, 6.07) is 5.03. The maximum absolute atomic E-state index is 12.0. The first kappa shape index (κ1) is 12.9. The molecule has 1 aliphatic carbocycles. The van der Waals surface area contributed by atoms with Crippen molar-refractivity contribution < 1.29 is 9.21 Å². The quantitative estimate of drug-likeness (QED) is 0.793. The van der Waals surface area contributed by atoms with Crippen LogP contribution < -0.4 is 16.8 Å². The van der Waals surface area contributed by atoms with E-state index in [2.05, 4.69) is 10.3 Å². The number of fused-ring (bicyclic) bond motifs is 1. The Morgan fingerprint density at radius 3 is 2.90 bits per heavy atom. The van der Waals surface area contributed by atoms with E-state index in [0.717, 1.165) is 25.7 Å². The molecule has 0 radical (unpaired) electrons. The number of benzene rings is 1. The summed E-state index contributed by atoms with van der Waals surface area (Å²) in [6.07, 6.45) is 4.30. The molecule has 0 atom stereocenters. The highest BCUT2D eigenvalue weighted by Crippen LogP contribution is 2.30. The Morgan fingerprint density at radius 2 is 2.15 bits per heavy atom. The number of hydrogen-bond donors (Lipinski definition) is 3. The van der Waals surface area contributed by atoms with Crippen molar-refractivity contribution in [3.05, 3.63) is 28.7 Å². The Hall–Kier alpha value is -2.08. The second-order valence-electron chi connectivity index (χ2n) is 5.52. The van der Waals surface area contributed by atoms with Gasteiger partial charge >= 0.3 is 5.76 Å². The van der Waals surface area contributed by atoms with Crippen molar-refractivity contribution in [1.29, 1.82) is 0 Å². The van der Waals surface area contributed by atoms with Gasteiger partial charge in [-0.3, -0.25) is 9.78 Å². The molecule has 1 fully saturated rings. The van der Waals surface area contributed by atoms with Crippen LogP contribution in [-0.2, 0) is 4.79 Å². The van der Waals surface area contributed by atoms with Crippen molar-refractivity contribution in [1.82, 2.24) is 4.98 Å². The molecule has 1 aliphatic rings. The molecule has 3 rings (SSSR count). The summed E-state index contributed by atoms with van der Waals surface area (Å²) in [5.74, 6) is -0.602. The minimum atomic E-state index is -0.504. The molecule has 0 unspecified atom stereocenters. The number of aromatic nitrogens is 1. The second kappa shape index (κ2) is 4.79. The maximum atomic E-state index is 12.0. The van der Waals surface area contributed by atoms with Crippen LogP contribution in [0, 0.1) is 0 Å². The van der Waals surface area contributed by atoms with Gasteiger partial charge in [0.25, 0.3) is 0 Å². The average Bonchev–Trinajstić information content (AvgIpc) is 2.93. The van der Waals surface area contributed by atoms with E-state index in [-0.39, 0.29) is 11.4 Å². The van der Waals surface area contributed by atoms with Crippen molar-refractivity contribution in [2.24, 2.45) is 5.73 Å². The largest absolute Gasteiger partial charge is 0.417 e. The summed E-state index contributed by atoms with van der Waals surface area (Å²) in [5, 5.41) is 2.81. The van der Waals surface area contributed by atoms with E-state index in [1.54, 1.807) is 18.2 Å². The molecule has 4 N–H and O–H groups in total. The number of anilines is 1. The van der Waals surface area contributed by atoms with E-state index in [1.807, 2.05) is 0 Å². The van der Waals surface area contributed by atoms with Gasteiger partial charge in [-0.05, 0) is 31.0 Å². The number of nitrogens with two attached hydrogens (primary N) is 1. The van der Waals surface area contributed by atoms with E-state index in [9.17, 15) is 9.59 Å². The third-order valence-electron chi connectivity index (χ3n) is 3.81. The lowest BCUT2D eigenvalue weighted by molar-refractivity contribution is -0.117. The van der Waals surface area contributed by atoms with Crippen LogP contribution in [0.1, 0.15) is 32.1 Å². The number of oxazole rings is 1. The van der Waals surface area contributed by atoms with Gasteiger partial charge in [0.1, 0.15) is 0 Å². The lowest BCUT2D eigenvalue weighted by Gasteiger charge is -2.22. The third kappa shape index (κ3) is 2.60. The van der Waals surface area contributed by atoms with E-state index >= 15 is 0 Å². The molecule has 1 saturated carbocycles. The van der Waals surface area contributed by atoms with Gasteiger partial charge in [-0.25, -0.2) is 4.79 Å². The number of amides is 1. The summed E-state index contributed by atoms with van der Waals surface area (Å²) in [4.78, 5) is 25.7. The summed E-state index contributed by atoms with van der Waals surface area (Å²) >= 11 is 0. The molecule has 6 nitrogen and oxygen atoms in total. The number of rotatable bonds is 3. The maximum Gasteiger partial charge on any atom is 0.417 e. The van der Waals surface area contributed by atoms with Gasteiger partial charge in [0.05, 0.1) is 5.52 Å². The van der Waals surface area contributed by atoms with Crippen LogP contribution in [-0.4, -0.2) is 16.4 Å².